The molecule has 0 radical (unpaired) electrons. The molecule has 0 bridgehead atoms. The first-order valence-corrected chi connectivity index (χ1v) is 7.61. The van der Waals surface area contributed by atoms with E-state index in [0.717, 1.165) is 58.3 Å². The van der Waals surface area contributed by atoms with Gasteiger partial charge in [0.2, 0.25) is 0 Å². The molecule has 0 saturated carbocycles. The minimum atomic E-state index is -0.320. The zero-order valence-corrected chi connectivity index (χ0v) is 12.7. The van der Waals surface area contributed by atoms with Crippen LogP contribution in [0.1, 0.15) is 46.0 Å². The Hall–Kier alpha value is -0.630. The lowest BCUT2D eigenvalue weighted by atomic mass is 9.91. The number of nitriles is 1. The molecule has 0 aliphatic carbocycles. The number of hydrogen-bond acceptors (Lipinski definition) is 4. The highest BCUT2D eigenvalue weighted by molar-refractivity contribution is 5.06. The van der Waals surface area contributed by atoms with E-state index in [-0.39, 0.29) is 5.54 Å². The third kappa shape index (κ3) is 5.10. The minimum Gasteiger partial charge on any atom is -0.381 e. The summed E-state index contributed by atoms with van der Waals surface area (Å²) in [5, 5.41) is 12.7. The van der Waals surface area contributed by atoms with Gasteiger partial charge in [-0.1, -0.05) is 13.8 Å². The van der Waals surface area contributed by atoms with Gasteiger partial charge in [-0.25, -0.2) is 0 Å². The summed E-state index contributed by atoms with van der Waals surface area (Å²) in [7, 11) is 1.80. The lowest BCUT2D eigenvalue weighted by Gasteiger charge is -2.32. The average Bonchev–Trinajstić information content (AvgIpc) is 2.47. The van der Waals surface area contributed by atoms with Crippen molar-refractivity contribution in [1.29, 1.82) is 5.26 Å². The smallest absolute Gasteiger partial charge is 0.106 e. The predicted molar refractivity (Wildman–Crippen MR) is 78.0 cm³/mol. The molecule has 1 atom stereocenters. The molecule has 110 valence electrons. The van der Waals surface area contributed by atoms with Crippen LogP contribution >= 0.6 is 0 Å². The molecule has 0 amide bonds. The van der Waals surface area contributed by atoms with Crippen LogP contribution in [-0.2, 0) is 4.74 Å². The van der Waals surface area contributed by atoms with Crippen molar-refractivity contribution in [2.24, 2.45) is 0 Å². The summed E-state index contributed by atoms with van der Waals surface area (Å²) in [4.78, 5) is 2.50. The molecule has 0 aromatic heterocycles. The molecule has 0 aromatic rings. The van der Waals surface area contributed by atoms with Crippen LogP contribution in [0.5, 0.6) is 0 Å². The SMILES string of the molecule is CCNC(C#N)(CC)CCCN1CCC(OC)CC1. The molecule has 1 aliphatic rings. The summed E-state index contributed by atoms with van der Waals surface area (Å²) >= 11 is 0. The first-order chi connectivity index (χ1) is 9.19. The molecule has 1 aliphatic heterocycles. The van der Waals surface area contributed by atoms with Crippen LogP contribution in [0, 0.1) is 11.3 Å². The van der Waals surface area contributed by atoms with Crippen molar-refractivity contribution in [1.82, 2.24) is 10.2 Å². The molecule has 1 unspecified atom stereocenters. The van der Waals surface area contributed by atoms with Crippen molar-refractivity contribution < 1.29 is 4.74 Å². The summed E-state index contributed by atoms with van der Waals surface area (Å²) in [5.74, 6) is 0. The third-order valence-corrected chi connectivity index (χ3v) is 4.28. The second-order valence-electron chi connectivity index (χ2n) is 5.46. The fourth-order valence-corrected chi connectivity index (χ4v) is 2.88. The first kappa shape index (κ1) is 16.4. The lowest BCUT2D eigenvalue weighted by molar-refractivity contribution is 0.0403. The number of piperidine rings is 1. The normalized spacial score (nSPS) is 20.9. The Kier molecular flexibility index (Phi) is 7.37. The van der Waals surface area contributed by atoms with E-state index in [1.54, 1.807) is 7.11 Å². The molecular formula is C15H29N3O. The van der Waals surface area contributed by atoms with E-state index in [1.165, 1.54) is 0 Å². The topological polar surface area (TPSA) is 48.3 Å². The van der Waals surface area contributed by atoms with Crippen LogP contribution in [0.4, 0.5) is 0 Å². The van der Waals surface area contributed by atoms with E-state index in [0.29, 0.717) is 6.10 Å². The summed E-state index contributed by atoms with van der Waals surface area (Å²) in [5.41, 5.74) is -0.320. The molecule has 1 heterocycles. The number of hydrogen-bond donors (Lipinski definition) is 1. The van der Waals surface area contributed by atoms with Gasteiger partial charge in [-0.05, 0) is 45.2 Å². The quantitative estimate of drug-likeness (QED) is 0.732. The van der Waals surface area contributed by atoms with E-state index in [2.05, 4.69) is 30.1 Å². The van der Waals surface area contributed by atoms with Crippen LogP contribution < -0.4 is 5.32 Å². The van der Waals surface area contributed by atoms with Gasteiger partial charge < -0.3 is 9.64 Å². The van der Waals surface area contributed by atoms with Gasteiger partial charge in [0.05, 0.1) is 12.2 Å². The maximum Gasteiger partial charge on any atom is 0.106 e. The maximum atomic E-state index is 9.37. The van der Waals surface area contributed by atoms with Crippen LogP contribution in [-0.4, -0.2) is 49.8 Å². The number of ether oxygens (including phenoxy) is 1. The van der Waals surface area contributed by atoms with Gasteiger partial charge in [-0.15, -0.1) is 0 Å². The lowest BCUT2D eigenvalue weighted by Crippen LogP contribution is -2.44. The monoisotopic (exact) mass is 267 g/mol. The first-order valence-electron chi connectivity index (χ1n) is 7.61. The van der Waals surface area contributed by atoms with Crippen molar-refractivity contribution in [3.63, 3.8) is 0 Å². The van der Waals surface area contributed by atoms with Gasteiger partial charge in [0.1, 0.15) is 5.54 Å². The molecule has 1 fully saturated rings. The van der Waals surface area contributed by atoms with E-state index in [4.69, 9.17) is 4.74 Å². The van der Waals surface area contributed by atoms with E-state index < -0.39 is 0 Å². The van der Waals surface area contributed by atoms with E-state index >= 15 is 0 Å². The van der Waals surface area contributed by atoms with E-state index in [9.17, 15) is 5.26 Å². The molecule has 1 rings (SSSR count). The Morgan fingerprint density at radius 3 is 2.53 bits per heavy atom. The number of likely N-dealkylation sites (tertiary alicyclic amines) is 1. The Bertz CT molecular complexity index is 282. The Balaban J connectivity index is 2.27. The minimum absolute atomic E-state index is 0.320. The van der Waals surface area contributed by atoms with Crippen molar-refractivity contribution in [3.05, 3.63) is 0 Å². The van der Waals surface area contributed by atoms with Crippen molar-refractivity contribution in [3.8, 4) is 6.07 Å². The second kappa shape index (κ2) is 8.52. The van der Waals surface area contributed by atoms with Crippen LogP contribution in [0.15, 0.2) is 0 Å². The highest BCUT2D eigenvalue weighted by Crippen LogP contribution is 2.18. The summed E-state index contributed by atoms with van der Waals surface area (Å²) in [6.07, 6.45) is 5.64. The average molecular weight is 267 g/mol. The van der Waals surface area contributed by atoms with Gasteiger partial charge in [-0.3, -0.25) is 5.32 Å². The number of rotatable bonds is 8. The fraction of sp³-hybridized carbons (Fsp3) is 0.933. The Labute approximate surface area is 118 Å². The van der Waals surface area contributed by atoms with Gasteiger partial charge in [0, 0.05) is 20.2 Å². The Morgan fingerprint density at radius 1 is 1.37 bits per heavy atom. The maximum absolute atomic E-state index is 9.37. The predicted octanol–water partition coefficient (Wildman–Crippen LogP) is 2.16. The third-order valence-electron chi connectivity index (χ3n) is 4.28. The van der Waals surface area contributed by atoms with Gasteiger partial charge in [-0.2, -0.15) is 5.26 Å². The largest absolute Gasteiger partial charge is 0.381 e. The molecule has 4 nitrogen and oxygen atoms in total. The van der Waals surface area contributed by atoms with Crippen LogP contribution in [0.3, 0.4) is 0 Å². The molecule has 1 saturated heterocycles. The number of nitrogens with one attached hydrogen (secondary N) is 1. The van der Waals surface area contributed by atoms with Gasteiger partial charge >= 0.3 is 0 Å². The zero-order valence-electron chi connectivity index (χ0n) is 12.7. The van der Waals surface area contributed by atoms with E-state index in [1.807, 2.05) is 0 Å². The number of nitrogens with zero attached hydrogens (tertiary/aromatic N) is 2. The van der Waals surface area contributed by atoms with Crippen molar-refractivity contribution in [2.75, 3.05) is 33.3 Å². The molecule has 19 heavy (non-hydrogen) atoms. The fourth-order valence-electron chi connectivity index (χ4n) is 2.88. The van der Waals surface area contributed by atoms with Gasteiger partial charge in [0.15, 0.2) is 0 Å². The summed E-state index contributed by atoms with van der Waals surface area (Å²) < 4.78 is 5.39. The van der Waals surface area contributed by atoms with Crippen LogP contribution in [0.25, 0.3) is 0 Å². The molecule has 0 spiro atoms. The summed E-state index contributed by atoms with van der Waals surface area (Å²) in [6.45, 7) is 8.38. The second-order valence-corrected chi connectivity index (χ2v) is 5.46. The highest BCUT2D eigenvalue weighted by atomic mass is 16.5. The number of methoxy groups -OCH3 is 1. The van der Waals surface area contributed by atoms with Crippen LogP contribution in [0.2, 0.25) is 0 Å². The molecule has 1 N–H and O–H groups in total. The van der Waals surface area contributed by atoms with Crippen molar-refractivity contribution in [2.45, 2.75) is 57.6 Å². The van der Waals surface area contributed by atoms with Gasteiger partial charge in [0.25, 0.3) is 0 Å². The standard InChI is InChI=1S/C15H29N3O/c1-4-15(13-16,17-5-2)9-6-10-18-11-7-14(19-3)8-12-18/h14,17H,4-12H2,1-3H3. The summed E-state index contributed by atoms with van der Waals surface area (Å²) in [6, 6.07) is 2.47. The Morgan fingerprint density at radius 2 is 2.05 bits per heavy atom. The zero-order chi connectivity index (χ0) is 14.1. The van der Waals surface area contributed by atoms with Crippen molar-refractivity contribution >= 4 is 0 Å². The molecule has 4 heteroatoms. The molecular weight excluding hydrogens is 238 g/mol. The molecule has 0 aromatic carbocycles. The highest BCUT2D eigenvalue weighted by Gasteiger charge is 2.26.